The SMILES string of the molecule is C/C(=N\I)c1cccc(/C(C)=N/I)n1. The molecule has 0 N–H and O–H groups in total. The lowest BCUT2D eigenvalue weighted by atomic mass is 10.2. The minimum atomic E-state index is 0.899. The fraction of sp³-hybridized carbons (Fsp3) is 0.222. The quantitative estimate of drug-likeness (QED) is 0.541. The first-order chi connectivity index (χ1) is 6.69. The molecule has 0 saturated carbocycles. The third kappa shape index (κ3) is 2.97. The molecule has 1 heterocycles. The fourth-order valence-corrected chi connectivity index (χ4v) is 1.42. The molecule has 0 radical (unpaired) electrons. The van der Waals surface area contributed by atoms with E-state index in [1.807, 2.05) is 77.8 Å². The maximum atomic E-state index is 4.44. The number of halogens is 2. The highest BCUT2D eigenvalue weighted by Crippen LogP contribution is 2.05. The Balaban J connectivity index is 3.14. The van der Waals surface area contributed by atoms with Gasteiger partial charge in [0, 0.05) is 0 Å². The maximum Gasteiger partial charge on any atom is 0.0854 e. The molecule has 0 aliphatic heterocycles. The molecular formula is C9H9I2N3. The molecule has 1 rings (SSSR count). The minimum Gasteiger partial charge on any atom is -0.245 e. The molecule has 0 unspecified atom stereocenters. The molecule has 3 nitrogen and oxygen atoms in total. The van der Waals surface area contributed by atoms with Crippen molar-refractivity contribution in [2.24, 2.45) is 6.41 Å². The Bertz CT molecular complexity index is 352. The van der Waals surface area contributed by atoms with Gasteiger partial charge in [-0.1, -0.05) is 6.07 Å². The lowest BCUT2D eigenvalue weighted by Gasteiger charge is -2.01. The van der Waals surface area contributed by atoms with Gasteiger partial charge in [0.15, 0.2) is 0 Å². The zero-order valence-electron chi connectivity index (χ0n) is 7.83. The van der Waals surface area contributed by atoms with Crippen molar-refractivity contribution in [1.82, 2.24) is 4.98 Å². The molecule has 0 fully saturated rings. The Morgan fingerprint density at radius 1 is 1.07 bits per heavy atom. The van der Waals surface area contributed by atoms with Gasteiger partial charge in [-0.2, -0.15) is 0 Å². The third-order valence-electron chi connectivity index (χ3n) is 1.74. The second-order valence-electron chi connectivity index (χ2n) is 2.75. The van der Waals surface area contributed by atoms with Gasteiger partial charge in [-0.15, -0.1) is 0 Å². The van der Waals surface area contributed by atoms with Crippen molar-refractivity contribution in [3.05, 3.63) is 29.6 Å². The van der Waals surface area contributed by atoms with Crippen LogP contribution in [0.3, 0.4) is 0 Å². The standard InChI is InChI=1S/C9H9I2N3/c1-6(13-10)8-4-3-5-9(12-8)7(2)14-11/h3-5H,1-2H3/b13-6+,14-7+. The van der Waals surface area contributed by atoms with Crippen LogP contribution in [0.15, 0.2) is 24.6 Å². The molecule has 0 atom stereocenters. The van der Waals surface area contributed by atoms with Crippen molar-refractivity contribution in [2.45, 2.75) is 13.8 Å². The van der Waals surface area contributed by atoms with E-state index in [1.54, 1.807) is 0 Å². The number of rotatable bonds is 2. The number of hydrogen-bond donors (Lipinski definition) is 0. The second-order valence-corrected chi connectivity index (χ2v) is 3.71. The van der Waals surface area contributed by atoms with Gasteiger partial charge in [0.2, 0.25) is 0 Å². The summed E-state index contributed by atoms with van der Waals surface area (Å²) in [6.45, 7) is 3.88. The molecule has 0 saturated heterocycles. The summed E-state index contributed by atoms with van der Waals surface area (Å²) >= 11 is 3.94. The zero-order chi connectivity index (χ0) is 10.6. The highest BCUT2D eigenvalue weighted by atomic mass is 127. The summed E-state index contributed by atoms with van der Waals surface area (Å²) in [5, 5.41) is 0. The Hall–Kier alpha value is -0.0500. The van der Waals surface area contributed by atoms with Crippen LogP contribution in [0.4, 0.5) is 0 Å². The van der Waals surface area contributed by atoms with Crippen LogP contribution in [0.1, 0.15) is 25.2 Å². The van der Waals surface area contributed by atoms with E-state index in [4.69, 9.17) is 0 Å². The molecule has 0 aromatic carbocycles. The highest BCUT2D eigenvalue weighted by Gasteiger charge is 2.02. The summed E-state index contributed by atoms with van der Waals surface area (Å²) in [4.78, 5) is 4.44. The topological polar surface area (TPSA) is 37.6 Å². The lowest BCUT2D eigenvalue weighted by molar-refractivity contribution is 1.25. The summed E-state index contributed by atoms with van der Waals surface area (Å²) in [7, 11) is 0. The van der Waals surface area contributed by atoms with Crippen LogP contribution in [0, 0.1) is 0 Å². The van der Waals surface area contributed by atoms with Crippen LogP contribution in [0.25, 0.3) is 0 Å². The van der Waals surface area contributed by atoms with Crippen molar-refractivity contribution >= 4 is 57.2 Å². The number of nitrogens with zero attached hydrogens (tertiary/aromatic N) is 3. The summed E-state index contributed by atoms with van der Waals surface area (Å²) in [6, 6.07) is 5.86. The molecule has 0 bridgehead atoms. The highest BCUT2D eigenvalue weighted by molar-refractivity contribution is 14.1. The van der Waals surface area contributed by atoms with E-state index in [2.05, 4.69) is 11.4 Å². The number of hydrogen-bond acceptors (Lipinski definition) is 3. The van der Waals surface area contributed by atoms with Crippen LogP contribution >= 0.6 is 45.7 Å². The van der Waals surface area contributed by atoms with Gasteiger partial charge in [0.05, 0.1) is 68.5 Å². The summed E-state index contributed by atoms with van der Waals surface area (Å²) in [6.07, 6.45) is 0. The first kappa shape index (κ1) is 12.0. The van der Waals surface area contributed by atoms with E-state index in [0.29, 0.717) is 0 Å². The summed E-state index contributed by atoms with van der Waals surface area (Å²) in [5.41, 5.74) is 3.65. The smallest absolute Gasteiger partial charge is 0.0854 e. The van der Waals surface area contributed by atoms with E-state index < -0.39 is 0 Å². The third-order valence-corrected chi connectivity index (χ3v) is 3.19. The van der Waals surface area contributed by atoms with Crippen molar-refractivity contribution in [2.75, 3.05) is 0 Å². The molecule has 1 aromatic rings. The molecule has 0 spiro atoms. The largest absolute Gasteiger partial charge is 0.245 e. The van der Waals surface area contributed by atoms with Gasteiger partial charge in [-0.3, -0.25) is 0 Å². The van der Waals surface area contributed by atoms with Gasteiger partial charge in [-0.05, 0) is 26.0 Å². The average molecular weight is 413 g/mol. The van der Waals surface area contributed by atoms with Crippen molar-refractivity contribution in [3.8, 4) is 0 Å². The normalized spacial score (nSPS) is 13.1. The predicted octanol–water partition coefficient (Wildman–Crippen LogP) is 3.40. The maximum absolute atomic E-state index is 4.44. The number of aromatic nitrogens is 1. The van der Waals surface area contributed by atoms with Gasteiger partial charge >= 0.3 is 0 Å². The van der Waals surface area contributed by atoms with Gasteiger partial charge in [0.25, 0.3) is 0 Å². The van der Waals surface area contributed by atoms with Gasteiger partial charge in [0.1, 0.15) is 0 Å². The van der Waals surface area contributed by atoms with E-state index in [1.165, 1.54) is 0 Å². The van der Waals surface area contributed by atoms with Crippen LogP contribution in [0.2, 0.25) is 0 Å². The average Bonchev–Trinajstić information content (AvgIpc) is 2.27. The van der Waals surface area contributed by atoms with Crippen LogP contribution in [-0.4, -0.2) is 16.4 Å². The van der Waals surface area contributed by atoms with E-state index in [0.717, 1.165) is 22.8 Å². The first-order valence-electron chi connectivity index (χ1n) is 3.98. The molecular weight excluding hydrogens is 404 g/mol. The zero-order valence-corrected chi connectivity index (χ0v) is 12.1. The Kier molecular flexibility index (Phi) is 4.93. The minimum absolute atomic E-state index is 0.899. The summed E-state index contributed by atoms with van der Waals surface area (Å²) in [5.74, 6) is 0. The van der Waals surface area contributed by atoms with Crippen molar-refractivity contribution in [1.29, 1.82) is 0 Å². The van der Waals surface area contributed by atoms with Gasteiger partial charge in [-0.25, -0.2) is 11.4 Å². The van der Waals surface area contributed by atoms with E-state index in [-0.39, 0.29) is 0 Å². The van der Waals surface area contributed by atoms with Crippen LogP contribution in [-0.2, 0) is 0 Å². The first-order valence-corrected chi connectivity index (χ1v) is 5.91. The molecule has 0 aliphatic rings. The van der Waals surface area contributed by atoms with Crippen molar-refractivity contribution in [3.63, 3.8) is 0 Å². The molecule has 1 aromatic heterocycles. The van der Waals surface area contributed by atoms with Crippen molar-refractivity contribution < 1.29 is 0 Å². The molecule has 0 amide bonds. The monoisotopic (exact) mass is 413 g/mol. The predicted molar refractivity (Wildman–Crippen MR) is 76.7 cm³/mol. The number of pyridine rings is 1. The fourth-order valence-electron chi connectivity index (χ4n) is 0.924. The molecule has 14 heavy (non-hydrogen) atoms. The van der Waals surface area contributed by atoms with Crippen LogP contribution in [0.5, 0.6) is 0 Å². The molecule has 74 valence electrons. The Labute approximate surface area is 111 Å². The van der Waals surface area contributed by atoms with Crippen LogP contribution < -0.4 is 0 Å². The molecule has 5 heteroatoms. The second kappa shape index (κ2) is 5.74. The Morgan fingerprint density at radius 3 is 1.86 bits per heavy atom. The molecule has 0 aliphatic carbocycles. The van der Waals surface area contributed by atoms with E-state index in [9.17, 15) is 0 Å². The summed E-state index contributed by atoms with van der Waals surface area (Å²) < 4.78 is 8.13. The van der Waals surface area contributed by atoms with E-state index >= 15 is 0 Å². The Morgan fingerprint density at radius 2 is 1.50 bits per heavy atom. The lowest BCUT2D eigenvalue weighted by Crippen LogP contribution is -2.03. The van der Waals surface area contributed by atoms with Gasteiger partial charge < -0.3 is 0 Å².